The number of hydrogen-bond acceptors (Lipinski definition) is 4. The van der Waals surface area contributed by atoms with Crippen LogP contribution < -0.4 is 10.4 Å². The monoisotopic (exact) mass is 404 g/mol. The Bertz CT molecular complexity index is 820. The van der Waals surface area contributed by atoms with Crippen molar-refractivity contribution in [1.82, 2.24) is 14.9 Å². The van der Waals surface area contributed by atoms with Crippen LogP contribution in [0.1, 0.15) is 45.9 Å². The van der Waals surface area contributed by atoms with Crippen molar-refractivity contribution >= 4 is 18.0 Å². The van der Waals surface area contributed by atoms with Crippen LogP contribution in [0.4, 0.5) is 5.82 Å². The molecule has 4 rings (SSSR count). The van der Waals surface area contributed by atoms with Crippen molar-refractivity contribution in [3.05, 3.63) is 47.9 Å². The first-order chi connectivity index (χ1) is 14.3. The largest absolute Gasteiger partial charge is 0.354 e. The topological polar surface area (TPSA) is 32.3 Å². The van der Waals surface area contributed by atoms with E-state index in [0.717, 1.165) is 45.0 Å². The highest BCUT2D eigenvalue weighted by molar-refractivity contribution is 6.74. The molecular formula is C25H37BN4. The van der Waals surface area contributed by atoms with E-state index in [1.807, 2.05) is 6.20 Å². The first-order valence-electron chi connectivity index (χ1n) is 11.6. The molecule has 5 heteroatoms. The van der Waals surface area contributed by atoms with E-state index in [0.29, 0.717) is 17.5 Å². The Morgan fingerprint density at radius 3 is 2.10 bits per heavy atom. The molecule has 0 spiro atoms. The lowest BCUT2D eigenvalue weighted by Crippen LogP contribution is -2.46. The molecule has 0 aliphatic carbocycles. The summed E-state index contributed by atoms with van der Waals surface area (Å²) in [7, 11) is 0. The average molecular weight is 404 g/mol. The number of aromatic nitrogens is 2. The smallest absolute Gasteiger partial charge is 0.179 e. The first-order valence-corrected chi connectivity index (χ1v) is 11.6. The van der Waals surface area contributed by atoms with Gasteiger partial charge in [-0.3, -0.25) is 9.88 Å². The summed E-state index contributed by atoms with van der Waals surface area (Å²) in [4.78, 5) is 14.4. The zero-order valence-electron chi connectivity index (χ0n) is 19.5. The zero-order chi connectivity index (χ0) is 21.4. The Balaban J connectivity index is 1.32. The van der Waals surface area contributed by atoms with Crippen LogP contribution >= 0.6 is 0 Å². The number of aryl methyl sites for hydroxylation is 1. The van der Waals surface area contributed by atoms with Gasteiger partial charge in [0, 0.05) is 50.8 Å². The highest BCUT2D eigenvalue weighted by Gasteiger charge is 2.48. The molecule has 0 N–H and O–H groups in total. The van der Waals surface area contributed by atoms with Gasteiger partial charge in [0.1, 0.15) is 5.82 Å². The van der Waals surface area contributed by atoms with Gasteiger partial charge in [-0.15, -0.1) is 0 Å². The van der Waals surface area contributed by atoms with Crippen LogP contribution in [0.15, 0.2) is 36.7 Å². The van der Waals surface area contributed by atoms with Gasteiger partial charge < -0.3 is 4.90 Å². The first kappa shape index (κ1) is 21.4. The van der Waals surface area contributed by atoms with Crippen molar-refractivity contribution in [2.45, 2.75) is 60.2 Å². The van der Waals surface area contributed by atoms with Crippen LogP contribution in [0.2, 0.25) is 12.6 Å². The van der Waals surface area contributed by atoms with Crippen molar-refractivity contribution in [3.8, 4) is 0 Å². The molecule has 0 saturated carbocycles. The third-order valence-electron chi connectivity index (χ3n) is 7.94. The van der Waals surface area contributed by atoms with Crippen LogP contribution in [0, 0.1) is 10.8 Å². The maximum absolute atomic E-state index is 4.87. The molecule has 2 aliphatic rings. The molecule has 2 aromatic rings. The summed E-state index contributed by atoms with van der Waals surface area (Å²) in [5.41, 5.74) is 4.67. The third-order valence-corrected chi connectivity index (χ3v) is 7.94. The van der Waals surface area contributed by atoms with Crippen LogP contribution in [0.25, 0.3) is 0 Å². The summed E-state index contributed by atoms with van der Waals surface area (Å²) < 4.78 is 0. The maximum atomic E-state index is 4.87. The minimum atomic E-state index is 0.388. The number of rotatable bonds is 5. The molecule has 2 saturated heterocycles. The van der Waals surface area contributed by atoms with E-state index in [-0.39, 0.29) is 0 Å². The molecular weight excluding hydrogens is 367 g/mol. The molecule has 0 unspecified atom stereocenters. The van der Waals surface area contributed by atoms with Crippen molar-refractivity contribution in [1.29, 1.82) is 0 Å². The van der Waals surface area contributed by atoms with Crippen LogP contribution in [0.5, 0.6) is 0 Å². The normalized spacial score (nSPS) is 21.2. The lowest BCUT2D eigenvalue weighted by Gasteiger charge is -2.35. The highest BCUT2D eigenvalue weighted by atomic mass is 15.3. The van der Waals surface area contributed by atoms with Gasteiger partial charge in [0.25, 0.3) is 0 Å². The van der Waals surface area contributed by atoms with Gasteiger partial charge >= 0.3 is 0 Å². The van der Waals surface area contributed by atoms with Crippen molar-refractivity contribution in [3.63, 3.8) is 0 Å². The summed E-state index contributed by atoms with van der Waals surface area (Å²) in [6, 6.07) is 8.96. The van der Waals surface area contributed by atoms with Gasteiger partial charge in [0.15, 0.2) is 6.71 Å². The SMILES string of the molecule is CCc1ccc(CN2CCN(c3ccc(B4CC(C)(C)C(C)(C)C4)cn3)CC2)cn1. The molecule has 0 aromatic carbocycles. The van der Waals surface area contributed by atoms with Gasteiger partial charge in [0.2, 0.25) is 0 Å². The van der Waals surface area contributed by atoms with Crippen molar-refractivity contribution < 1.29 is 0 Å². The van der Waals surface area contributed by atoms with E-state index in [1.54, 1.807) is 0 Å². The Hall–Kier alpha value is -1.88. The third kappa shape index (κ3) is 4.41. The Morgan fingerprint density at radius 2 is 1.57 bits per heavy atom. The predicted molar refractivity (Wildman–Crippen MR) is 128 cm³/mol. The van der Waals surface area contributed by atoms with Gasteiger partial charge in [-0.25, -0.2) is 4.98 Å². The van der Waals surface area contributed by atoms with Crippen molar-refractivity contribution in [2.24, 2.45) is 10.8 Å². The Labute approximate surface area is 183 Å². The molecule has 2 aliphatic heterocycles. The van der Waals surface area contributed by atoms with Gasteiger partial charge in [-0.05, 0) is 34.9 Å². The number of pyridine rings is 2. The summed E-state index contributed by atoms with van der Waals surface area (Å²) in [5.74, 6) is 1.13. The van der Waals surface area contributed by atoms with Crippen molar-refractivity contribution in [2.75, 3.05) is 31.1 Å². The average Bonchev–Trinajstić information content (AvgIpc) is 2.96. The molecule has 4 heterocycles. The van der Waals surface area contributed by atoms with E-state index >= 15 is 0 Å². The van der Waals surface area contributed by atoms with Gasteiger partial charge in [-0.1, -0.05) is 64.9 Å². The fourth-order valence-corrected chi connectivity index (χ4v) is 5.07. The number of anilines is 1. The fourth-order valence-electron chi connectivity index (χ4n) is 5.07. The van der Waals surface area contributed by atoms with Crippen LogP contribution in [0.3, 0.4) is 0 Å². The van der Waals surface area contributed by atoms with E-state index in [2.05, 4.69) is 79.9 Å². The molecule has 4 nitrogen and oxygen atoms in total. The van der Waals surface area contributed by atoms with Gasteiger partial charge in [-0.2, -0.15) is 0 Å². The van der Waals surface area contributed by atoms with E-state index in [1.165, 1.54) is 29.4 Å². The van der Waals surface area contributed by atoms with Crippen LogP contribution in [-0.2, 0) is 13.0 Å². The fraction of sp³-hybridized carbons (Fsp3) is 0.600. The molecule has 30 heavy (non-hydrogen) atoms. The lowest BCUT2D eigenvalue weighted by molar-refractivity contribution is 0.177. The Kier molecular flexibility index (Phi) is 5.94. The molecule has 0 atom stereocenters. The molecule has 0 amide bonds. The highest BCUT2D eigenvalue weighted by Crippen LogP contribution is 2.52. The second-order valence-corrected chi connectivity index (χ2v) is 10.6. The molecule has 0 bridgehead atoms. The second kappa shape index (κ2) is 8.34. The maximum Gasteiger partial charge on any atom is 0.179 e. The van der Waals surface area contributed by atoms with Crippen LogP contribution in [-0.4, -0.2) is 47.8 Å². The van der Waals surface area contributed by atoms with Gasteiger partial charge in [0.05, 0.1) is 0 Å². The zero-order valence-corrected chi connectivity index (χ0v) is 19.5. The molecule has 0 radical (unpaired) electrons. The lowest BCUT2D eigenvalue weighted by atomic mass is 9.42. The predicted octanol–water partition coefficient (Wildman–Crippen LogP) is 4.13. The molecule has 2 aromatic heterocycles. The summed E-state index contributed by atoms with van der Waals surface area (Å²) >= 11 is 0. The Morgan fingerprint density at radius 1 is 0.867 bits per heavy atom. The molecule has 2 fully saturated rings. The molecule has 160 valence electrons. The van der Waals surface area contributed by atoms with E-state index in [4.69, 9.17) is 4.98 Å². The second-order valence-electron chi connectivity index (χ2n) is 10.6. The minimum absolute atomic E-state index is 0.388. The number of nitrogens with zero attached hydrogens (tertiary/aromatic N) is 4. The van der Waals surface area contributed by atoms with E-state index < -0.39 is 0 Å². The summed E-state index contributed by atoms with van der Waals surface area (Å²) in [6.45, 7) is 17.7. The number of piperazine rings is 1. The standard InChI is InChI=1S/C25H37BN4/c1-6-22-9-7-20(15-27-22)17-29-11-13-30(14-12-29)23-10-8-21(16-28-23)26-18-24(2,3)25(4,5)19-26/h7-10,15-16H,6,11-14,17-19H2,1-5H3. The summed E-state index contributed by atoms with van der Waals surface area (Å²) in [5, 5.41) is 0. The summed E-state index contributed by atoms with van der Waals surface area (Å²) in [6.07, 6.45) is 7.70. The van der Waals surface area contributed by atoms with E-state index in [9.17, 15) is 0 Å². The minimum Gasteiger partial charge on any atom is -0.354 e. The number of hydrogen-bond donors (Lipinski definition) is 0. The quantitative estimate of drug-likeness (QED) is 0.702.